The SMILES string of the molecule is O=C(C=Cc1ccc(F)cc1)N(C1CCCCC1)C1CCCCC1. The predicted molar refractivity (Wildman–Crippen MR) is 96.0 cm³/mol. The molecule has 0 spiro atoms. The molecule has 1 aromatic rings. The fourth-order valence-corrected chi connectivity index (χ4v) is 4.20. The van der Waals surface area contributed by atoms with Gasteiger partial charge in [-0.2, -0.15) is 0 Å². The molecule has 0 atom stereocenters. The Morgan fingerprint density at radius 1 is 0.875 bits per heavy atom. The summed E-state index contributed by atoms with van der Waals surface area (Å²) in [6.45, 7) is 0. The first kappa shape index (κ1) is 17.2. The van der Waals surface area contributed by atoms with Crippen LogP contribution in [0.5, 0.6) is 0 Å². The van der Waals surface area contributed by atoms with Crippen molar-refractivity contribution in [2.45, 2.75) is 76.3 Å². The van der Waals surface area contributed by atoms with E-state index in [0.717, 1.165) is 31.2 Å². The van der Waals surface area contributed by atoms with Gasteiger partial charge in [-0.1, -0.05) is 50.7 Å². The third kappa shape index (κ3) is 4.46. The molecule has 3 heteroatoms. The van der Waals surface area contributed by atoms with Crippen LogP contribution >= 0.6 is 0 Å². The number of rotatable bonds is 4. The van der Waals surface area contributed by atoms with Crippen LogP contribution in [0.15, 0.2) is 30.3 Å². The van der Waals surface area contributed by atoms with Crippen LogP contribution in [0.25, 0.3) is 6.08 Å². The second-order valence-electron chi connectivity index (χ2n) is 7.21. The summed E-state index contributed by atoms with van der Waals surface area (Å²) in [7, 11) is 0. The van der Waals surface area contributed by atoms with Gasteiger partial charge in [0.25, 0.3) is 0 Å². The van der Waals surface area contributed by atoms with E-state index in [1.54, 1.807) is 18.2 Å². The number of nitrogens with zero attached hydrogens (tertiary/aromatic N) is 1. The summed E-state index contributed by atoms with van der Waals surface area (Å²) in [6.07, 6.45) is 15.6. The Labute approximate surface area is 144 Å². The van der Waals surface area contributed by atoms with Crippen LogP contribution in [0.2, 0.25) is 0 Å². The minimum Gasteiger partial charge on any atom is -0.333 e. The highest BCUT2D eigenvalue weighted by Gasteiger charge is 2.31. The molecule has 3 rings (SSSR count). The molecule has 24 heavy (non-hydrogen) atoms. The van der Waals surface area contributed by atoms with Crippen LogP contribution in [-0.4, -0.2) is 22.9 Å². The fraction of sp³-hybridized carbons (Fsp3) is 0.571. The van der Waals surface area contributed by atoms with E-state index >= 15 is 0 Å². The summed E-state index contributed by atoms with van der Waals surface area (Å²) in [5.41, 5.74) is 0.872. The number of carbonyl (C=O) groups is 1. The van der Waals surface area contributed by atoms with Crippen molar-refractivity contribution < 1.29 is 9.18 Å². The molecule has 2 nitrogen and oxygen atoms in total. The zero-order chi connectivity index (χ0) is 16.8. The van der Waals surface area contributed by atoms with Crippen LogP contribution < -0.4 is 0 Å². The average molecular weight is 329 g/mol. The van der Waals surface area contributed by atoms with Gasteiger partial charge in [-0.15, -0.1) is 0 Å². The molecule has 0 N–H and O–H groups in total. The Kier molecular flexibility index (Phi) is 6.06. The molecular weight excluding hydrogens is 301 g/mol. The van der Waals surface area contributed by atoms with Gasteiger partial charge in [0.2, 0.25) is 5.91 Å². The molecule has 0 saturated heterocycles. The van der Waals surface area contributed by atoms with Gasteiger partial charge in [-0.05, 0) is 49.5 Å². The first-order valence-corrected chi connectivity index (χ1v) is 9.50. The maximum absolute atomic E-state index is 13.0. The van der Waals surface area contributed by atoms with Gasteiger partial charge in [-0.3, -0.25) is 4.79 Å². The van der Waals surface area contributed by atoms with E-state index in [-0.39, 0.29) is 11.7 Å². The first-order chi connectivity index (χ1) is 11.7. The van der Waals surface area contributed by atoms with Gasteiger partial charge in [0, 0.05) is 18.2 Å². The lowest BCUT2D eigenvalue weighted by molar-refractivity contribution is -0.132. The van der Waals surface area contributed by atoms with Crippen LogP contribution in [0, 0.1) is 5.82 Å². The van der Waals surface area contributed by atoms with Crippen molar-refractivity contribution in [2.24, 2.45) is 0 Å². The van der Waals surface area contributed by atoms with E-state index in [1.807, 2.05) is 6.08 Å². The maximum Gasteiger partial charge on any atom is 0.247 e. The molecule has 0 aromatic heterocycles. The highest BCUT2D eigenvalue weighted by atomic mass is 19.1. The molecule has 2 aliphatic rings. The highest BCUT2D eigenvalue weighted by Crippen LogP contribution is 2.30. The summed E-state index contributed by atoms with van der Waals surface area (Å²) in [6, 6.07) is 7.11. The molecule has 2 saturated carbocycles. The normalized spacial score (nSPS) is 20.4. The van der Waals surface area contributed by atoms with Crippen molar-refractivity contribution in [3.63, 3.8) is 0 Å². The molecular formula is C21H28FNO. The number of halogens is 1. The molecule has 1 aromatic carbocycles. The Balaban J connectivity index is 1.72. The summed E-state index contributed by atoms with van der Waals surface area (Å²) >= 11 is 0. The maximum atomic E-state index is 13.0. The van der Waals surface area contributed by atoms with Crippen LogP contribution in [0.4, 0.5) is 4.39 Å². The van der Waals surface area contributed by atoms with Gasteiger partial charge in [-0.25, -0.2) is 4.39 Å². The minimum atomic E-state index is -0.246. The van der Waals surface area contributed by atoms with Crippen molar-refractivity contribution in [1.82, 2.24) is 4.90 Å². The third-order valence-corrected chi connectivity index (χ3v) is 5.48. The Hall–Kier alpha value is -1.64. The lowest BCUT2D eigenvalue weighted by Crippen LogP contribution is -2.48. The zero-order valence-electron chi connectivity index (χ0n) is 14.4. The van der Waals surface area contributed by atoms with E-state index in [2.05, 4.69) is 4.90 Å². The molecule has 2 aliphatic carbocycles. The van der Waals surface area contributed by atoms with Gasteiger partial charge in [0.15, 0.2) is 0 Å². The Morgan fingerprint density at radius 3 is 1.88 bits per heavy atom. The van der Waals surface area contributed by atoms with Crippen LogP contribution in [-0.2, 0) is 4.79 Å². The first-order valence-electron chi connectivity index (χ1n) is 9.50. The molecule has 2 fully saturated rings. The van der Waals surface area contributed by atoms with Crippen molar-refractivity contribution in [3.05, 3.63) is 41.7 Å². The topological polar surface area (TPSA) is 20.3 Å². The lowest BCUT2D eigenvalue weighted by Gasteiger charge is -2.41. The minimum absolute atomic E-state index is 0.137. The zero-order valence-corrected chi connectivity index (χ0v) is 14.4. The quantitative estimate of drug-likeness (QED) is 0.683. The number of hydrogen-bond donors (Lipinski definition) is 0. The molecule has 130 valence electrons. The summed E-state index contributed by atoms with van der Waals surface area (Å²) in [5.74, 6) is -0.109. The van der Waals surface area contributed by atoms with Crippen LogP contribution in [0.3, 0.4) is 0 Å². The molecule has 1 amide bonds. The van der Waals surface area contributed by atoms with Crippen LogP contribution in [0.1, 0.15) is 69.8 Å². The van der Waals surface area contributed by atoms with Crippen molar-refractivity contribution in [2.75, 3.05) is 0 Å². The van der Waals surface area contributed by atoms with Crippen molar-refractivity contribution in [3.8, 4) is 0 Å². The van der Waals surface area contributed by atoms with E-state index < -0.39 is 0 Å². The Bertz CT molecular complexity index is 536. The predicted octanol–water partition coefficient (Wildman–Crippen LogP) is 5.33. The average Bonchev–Trinajstić information content (AvgIpc) is 2.63. The van der Waals surface area contributed by atoms with Gasteiger partial charge in [0.1, 0.15) is 5.82 Å². The van der Waals surface area contributed by atoms with Crippen molar-refractivity contribution in [1.29, 1.82) is 0 Å². The summed E-state index contributed by atoms with van der Waals surface area (Å²) < 4.78 is 13.0. The van der Waals surface area contributed by atoms with Gasteiger partial charge >= 0.3 is 0 Å². The summed E-state index contributed by atoms with van der Waals surface area (Å²) in [5, 5.41) is 0. The largest absolute Gasteiger partial charge is 0.333 e. The smallest absolute Gasteiger partial charge is 0.247 e. The fourth-order valence-electron chi connectivity index (χ4n) is 4.20. The highest BCUT2D eigenvalue weighted by molar-refractivity contribution is 5.92. The summed E-state index contributed by atoms with van der Waals surface area (Å²) in [4.78, 5) is 15.1. The second-order valence-corrected chi connectivity index (χ2v) is 7.21. The number of benzene rings is 1. The molecule has 0 heterocycles. The number of amides is 1. The number of hydrogen-bond acceptors (Lipinski definition) is 1. The lowest BCUT2D eigenvalue weighted by atomic mass is 9.88. The van der Waals surface area contributed by atoms with E-state index in [1.165, 1.54) is 50.7 Å². The van der Waals surface area contributed by atoms with E-state index in [4.69, 9.17) is 0 Å². The van der Waals surface area contributed by atoms with E-state index in [9.17, 15) is 9.18 Å². The monoisotopic (exact) mass is 329 g/mol. The molecule has 0 bridgehead atoms. The molecule has 0 aliphatic heterocycles. The standard InChI is InChI=1S/C21H28FNO/c22-18-14-11-17(12-15-18)13-16-21(24)23(19-7-3-1-4-8-19)20-9-5-2-6-10-20/h11-16,19-20H,1-10H2. The van der Waals surface area contributed by atoms with Gasteiger partial charge < -0.3 is 4.90 Å². The Morgan fingerprint density at radius 2 is 1.38 bits per heavy atom. The van der Waals surface area contributed by atoms with Crippen molar-refractivity contribution >= 4 is 12.0 Å². The third-order valence-electron chi connectivity index (χ3n) is 5.48. The number of carbonyl (C=O) groups excluding carboxylic acids is 1. The van der Waals surface area contributed by atoms with E-state index in [0.29, 0.717) is 12.1 Å². The molecule has 0 radical (unpaired) electrons. The molecule has 0 unspecified atom stereocenters. The second kappa shape index (κ2) is 8.46. The van der Waals surface area contributed by atoms with Gasteiger partial charge in [0.05, 0.1) is 0 Å².